The lowest BCUT2D eigenvalue weighted by atomic mass is 10.7. The minimum Gasteiger partial charge on any atom is -0.394 e. The summed E-state index contributed by atoms with van der Waals surface area (Å²) < 4.78 is 15.0. The van der Waals surface area contributed by atoms with Gasteiger partial charge in [-0.2, -0.15) is 0 Å². The van der Waals surface area contributed by atoms with Crippen LogP contribution < -0.4 is 0 Å². The molecule has 0 saturated heterocycles. The highest BCUT2D eigenvalue weighted by atomic mass is 16.5. The Bertz CT molecular complexity index is 192. The van der Waals surface area contributed by atoms with Crippen molar-refractivity contribution in [1.82, 2.24) is 0 Å². The first kappa shape index (κ1) is 22.7. The van der Waals surface area contributed by atoms with Crippen molar-refractivity contribution < 1.29 is 34.0 Å². The van der Waals surface area contributed by atoms with Crippen LogP contribution in [0, 0.1) is 10.8 Å². The summed E-state index contributed by atoms with van der Waals surface area (Å²) in [6.07, 6.45) is 1.50. The summed E-state index contributed by atoms with van der Waals surface area (Å²) in [6, 6.07) is 0. The highest BCUT2D eigenvalue weighted by molar-refractivity contribution is 5.26. The Morgan fingerprint density at radius 2 is 0.895 bits per heavy atom. The van der Waals surface area contributed by atoms with E-state index in [-0.39, 0.29) is 13.2 Å². The predicted molar refractivity (Wildman–Crippen MR) is 63.5 cm³/mol. The van der Waals surface area contributed by atoms with E-state index in [2.05, 4.69) is 0 Å². The molecular weight excluding hydrogens is 260 g/mol. The topological polar surface area (TPSA) is 150 Å². The van der Waals surface area contributed by atoms with Crippen molar-refractivity contribution in [1.29, 1.82) is 10.8 Å². The lowest BCUT2D eigenvalue weighted by Crippen LogP contribution is -2.11. The van der Waals surface area contributed by atoms with Gasteiger partial charge in [-0.15, -0.1) is 0 Å². The summed E-state index contributed by atoms with van der Waals surface area (Å²) in [4.78, 5) is 16.7. The standard InChI is InChI=1S/C8H18O5.2CHNO/c9-1-3-11-5-7-13-8-6-12-4-2-10;2*2-1-3/h9-10H,1-8H2;2*2H. The molecule has 0 fully saturated rings. The van der Waals surface area contributed by atoms with Crippen LogP contribution >= 0.6 is 0 Å². The van der Waals surface area contributed by atoms with Gasteiger partial charge in [0.25, 0.3) is 0 Å². The van der Waals surface area contributed by atoms with Gasteiger partial charge in [0.15, 0.2) is 0 Å². The zero-order chi connectivity index (χ0) is 15.2. The molecule has 0 saturated carbocycles. The first-order valence-electron chi connectivity index (χ1n) is 5.27. The second kappa shape index (κ2) is 30.0. The molecule has 0 unspecified atom stereocenters. The van der Waals surface area contributed by atoms with Gasteiger partial charge in [-0.25, -0.2) is 20.4 Å². The van der Waals surface area contributed by atoms with Crippen LogP contribution in [0.5, 0.6) is 0 Å². The molecule has 0 aliphatic carbocycles. The van der Waals surface area contributed by atoms with Crippen molar-refractivity contribution in [3.05, 3.63) is 0 Å². The molecule has 0 aromatic carbocycles. The molecule has 0 heterocycles. The molecule has 9 heteroatoms. The van der Waals surface area contributed by atoms with Crippen molar-refractivity contribution in [3.63, 3.8) is 0 Å². The fourth-order valence-electron chi connectivity index (χ4n) is 0.671. The van der Waals surface area contributed by atoms with E-state index in [9.17, 15) is 0 Å². The molecule has 0 rings (SSSR count). The maximum atomic E-state index is 8.36. The number of aliphatic hydroxyl groups excluding tert-OH is 2. The van der Waals surface area contributed by atoms with E-state index in [1.54, 1.807) is 0 Å². The van der Waals surface area contributed by atoms with Gasteiger partial charge in [-0.1, -0.05) is 0 Å². The third-order valence-corrected chi connectivity index (χ3v) is 1.22. The molecule has 0 aliphatic rings. The summed E-state index contributed by atoms with van der Waals surface area (Å²) in [6.45, 7) is 2.76. The van der Waals surface area contributed by atoms with Gasteiger partial charge in [0.2, 0.25) is 12.2 Å². The number of aliphatic hydroxyl groups is 2. The van der Waals surface area contributed by atoms with Gasteiger partial charge in [-0.05, 0) is 0 Å². The number of ether oxygens (including phenoxy) is 3. The fraction of sp³-hybridized carbons (Fsp3) is 0.800. The first-order chi connectivity index (χ1) is 9.24. The van der Waals surface area contributed by atoms with Gasteiger partial charge in [0.05, 0.1) is 52.9 Å². The molecule has 0 radical (unpaired) electrons. The minimum atomic E-state index is 0.0413. The maximum Gasteiger partial charge on any atom is 0.231 e. The predicted octanol–water partition coefficient (Wildman–Crippen LogP) is -1.18. The molecule has 0 bridgehead atoms. The molecule has 0 aliphatic heterocycles. The lowest BCUT2D eigenvalue weighted by molar-refractivity contribution is 0.00230. The average Bonchev–Trinajstić information content (AvgIpc) is 2.39. The van der Waals surface area contributed by atoms with Gasteiger partial charge in [-0.3, -0.25) is 0 Å². The zero-order valence-electron chi connectivity index (χ0n) is 10.6. The Morgan fingerprint density at radius 1 is 0.684 bits per heavy atom. The SMILES string of the molecule is N=C=O.N=C=O.OCCOCCOCCOCCO. The van der Waals surface area contributed by atoms with E-state index in [1.807, 2.05) is 0 Å². The number of rotatable bonds is 10. The fourth-order valence-corrected chi connectivity index (χ4v) is 0.671. The molecule has 0 atom stereocenters. The Hall–Kier alpha value is -1.44. The van der Waals surface area contributed by atoms with E-state index in [0.29, 0.717) is 39.6 Å². The van der Waals surface area contributed by atoms with E-state index >= 15 is 0 Å². The average molecular weight is 280 g/mol. The molecule has 4 N–H and O–H groups in total. The van der Waals surface area contributed by atoms with Crippen LogP contribution in [0.25, 0.3) is 0 Å². The Morgan fingerprint density at radius 3 is 1.11 bits per heavy atom. The van der Waals surface area contributed by atoms with E-state index in [4.69, 9.17) is 44.8 Å². The van der Waals surface area contributed by atoms with Crippen LogP contribution in [0.3, 0.4) is 0 Å². The van der Waals surface area contributed by atoms with Crippen LogP contribution in [-0.2, 0) is 23.8 Å². The van der Waals surface area contributed by atoms with Crippen LogP contribution in [-0.4, -0.2) is 75.2 Å². The second-order valence-electron chi connectivity index (χ2n) is 2.49. The number of hydrogen-bond acceptors (Lipinski definition) is 9. The van der Waals surface area contributed by atoms with Crippen molar-refractivity contribution in [2.45, 2.75) is 0 Å². The van der Waals surface area contributed by atoms with E-state index in [1.165, 1.54) is 0 Å². The summed E-state index contributed by atoms with van der Waals surface area (Å²) in [7, 11) is 0. The van der Waals surface area contributed by atoms with Crippen molar-refractivity contribution in [2.24, 2.45) is 0 Å². The van der Waals surface area contributed by atoms with E-state index in [0.717, 1.165) is 12.2 Å². The molecule has 9 nitrogen and oxygen atoms in total. The lowest BCUT2D eigenvalue weighted by Gasteiger charge is -2.04. The molecule has 0 aromatic rings. The molecule has 112 valence electrons. The Kier molecular flexibility index (Phi) is 35.9. The summed E-state index contributed by atoms with van der Waals surface area (Å²) in [5.41, 5.74) is 0. The number of nitrogens with one attached hydrogen (secondary N) is 2. The Balaban J connectivity index is -0.000000360. The van der Waals surface area contributed by atoms with E-state index < -0.39 is 0 Å². The van der Waals surface area contributed by atoms with Crippen molar-refractivity contribution >= 4 is 12.2 Å². The smallest absolute Gasteiger partial charge is 0.231 e. The van der Waals surface area contributed by atoms with Gasteiger partial charge >= 0.3 is 0 Å². The van der Waals surface area contributed by atoms with Crippen LogP contribution in [0.1, 0.15) is 0 Å². The number of hydrogen-bond donors (Lipinski definition) is 4. The van der Waals surface area contributed by atoms with Crippen LogP contribution in [0.4, 0.5) is 0 Å². The monoisotopic (exact) mass is 280 g/mol. The van der Waals surface area contributed by atoms with Crippen LogP contribution in [0.2, 0.25) is 0 Å². The summed E-state index contributed by atoms with van der Waals surface area (Å²) in [5.74, 6) is 0. The largest absolute Gasteiger partial charge is 0.394 e. The van der Waals surface area contributed by atoms with Gasteiger partial charge < -0.3 is 24.4 Å². The second-order valence-corrected chi connectivity index (χ2v) is 2.49. The number of isocyanates is 2. The number of carbonyl (C=O) groups excluding carboxylic acids is 2. The third-order valence-electron chi connectivity index (χ3n) is 1.22. The van der Waals surface area contributed by atoms with Gasteiger partial charge in [0, 0.05) is 0 Å². The van der Waals surface area contributed by atoms with Gasteiger partial charge in [0.1, 0.15) is 0 Å². The maximum absolute atomic E-state index is 8.36. The quantitative estimate of drug-likeness (QED) is 0.223. The third kappa shape index (κ3) is 47.9. The molecule has 19 heavy (non-hydrogen) atoms. The normalized spacial score (nSPS) is 8.11. The molecule has 0 aromatic heterocycles. The minimum absolute atomic E-state index is 0.0413. The van der Waals surface area contributed by atoms with Crippen molar-refractivity contribution in [2.75, 3.05) is 52.9 Å². The van der Waals surface area contributed by atoms with Crippen molar-refractivity contribution in [3.8, 4) is 0 Å². The summed E-state index contributed by atoms with van der Waals surface area (Å²) >= 11 is 0. The molecule has 0 amide bonds. The highest BCUT2D eigenvalue weighted by Crippen LogP contribution is 1.80. The van der Waals surface area contributed by atoms with Crippen LogP contribution in [0.15, 0.2) is 0 Å². The molecular formula is C10H20N2O7. The summed E-state index contributed by atoms with van der Waals surface area (Å²) in [5, 5.41) is 27.5. The Labute approximate surface area is 111 Å². The highest BCUT2D eigenvalue weighted by Gasteiger charge is 1.89. The first-order valence-corrected chi connectivity index (χ1v) is 5.27. The molecule has 0 spiro atoms. The zero-order valence-corrected chi connectivity index (χ0v) is 10.6.